The molecule has 0 unspecified atom stereocenters. The molecule has 1 heterocycles. The Morgan fingerprint density at radius 2 is 1.46 bits per heavy atom. The molecule has 3 aromatic carbocycles. The summed E-state index contributed by atoms with van der Waals surface area (Å²) in [4.78, 5) is 12.2. The molecule has 2 N–H and O–H groups in total. The van der Waals surface area contributed by atoms with E-state index in [2.05, 4.69) is 20.8 Å². The molecule has 138 valence electrons. The third-order valence-electron chi connectivity index (χ3n) is 3.72. The second-order valence-electron chi connectivity index (χ2n) is 5.80. The summed E-state index contributed by atoms with van der Waals surface area (Å²) in [5.74, 6) is 0.769. The summed E-state index contributed by atoms with van der Waals surface area (Å²) >= 11 is 0. The van der Waals surface area contributed by atoms with Gasteiger partial charge in [-0.25, -0.2) is 0 Å². The zero-order valence-corrected chi connectivity index (χ0v) is 14.7. The quantitative estimate of drug-likeness (QED) is 0.502. The number of para-hydroxylation sites is 2. The normalized spacial score (nSPS) is 10.3. The Hall–Kier alpha value is -4.13. The molecule has 1 aromatic heterocycles. The second-order valence-corrected chi connectivity index (χ2v) is 5.80. The van der Waals surface area contributed by atoms with Crippen molar-refractivity contribution in [3.63, 3.8) is 0 Å². The number of carbonyl (C=O) groups is 1. The summed E-state index contributed by atoms with van der Waals surface area (Å²) < 4.78 is 11.2. The lowest BCUT2D eigenvalue weighted by Crippen LogP contribution is -2.12. The first kappa shape index (κ1) is 17.3. The molecule has 7 heteroatoms. The number of benzene rings is 3. The fourth-order valence-electron chi connectivity index (χ4n) is 2.46. The fraction of sp³-hybridized carbons (Fsp3) is 0. The van der Waals surface area contributed by atoms with Gasteiger partial charge in [-0.2, -0.15) is 0 Å². The zero-order chi connectivity index (χ0) is 19.2. The van der Waals surface area contributed by atoms with E-state index in [0.717, 1.165) is 5.75 Å². The van der Waals surface area contributed by atoms with Gasteiger partial charge in [0.2, 0.25) is 0 Å². The van der Waals surface area contributed by atoms with Crippen LogP contribution in [0.5, 0.6) is 11.5 Å². The van der Waals surface area contributed by atoms with Crippen molar-refractivity contribution in [2.45, 2.75) is 0 Å². The number of rotatable bonds is 6. The third-order valence-corrected chi connectivity index (χ3v) is 3.72. The highest BCUT2D eigenvalue weighted by Crippen LogP contribution is 2.25. The predicted molar refractivity (Wildman–Crippen MR) is 105 cm³/mol. The van der Waals surface area contributed by atoms with E-state index in [1.165, 1.54) is 0 Å². The Balaban J connectivity index is 1.42. The molecule has 0 aliphatic carbocycles. The van der Waals surface area contributed by atoms with Crippen molar-refractivity contribution in [2.24, 2.45) is 0 Å². The summed E-state index contributed by atoms with van der Waals surface area (Å²) in [5, 5.41) is 13.3. The number of anilines is 3. The highest BCUT2D eigenvalue weighted by atomic mass is 16.5. The lowest BCUT2D eigenvalue weighted by molar-refractivity contribution is 0.0991. The smallest absolute Gasteiger partial charge is 0.320 e. The molecule has 0 saturated carbocycles. The first-order valence-corrected chi connectivity index (χ1v) is 8.56. The van der Waals surface area contributed by atoms with Crippen molar-refractivity contribution in [3.8, 4) is 11.5 Å². The highest BCUT2D eigenvalue weighted by molar-refractivity contribution is 6.00. The number of ether oxygens (including phenoxy) is 1. The van der Waals surface area contributed by atoms with Crippen LogP contribution in [0, 0.1) is 0 Å². The van der Waals surface area contributed by atoms with Crippen LogP contribution in [-0.4, -0.2) is 16.1 Å². The van der Waals surface area contributed by atoms with Gasteiger partial charge in [-0.3, -0.25) is 4.79 Å². The molecule has 0 bridgehead atoms. The van der Waals surface area contributed by atoms with Gasteiger partial charge in [0.05, 0.1) is 0 Å². The Morgan fingerprint density at radius 3 is 2.25 bits per heavy atom. The average Bonchev–Trinajstić information content (AvgIpc) is 3.18. The number of nitrogens with one attached hydrogen (secondary N) is 2. The lowest BCUT2D eigenvalue weighted by atomic mass is 10.3. The van der Waals surface area contributed by atoms with Crippen LogP contribution in [0.15, 0.2) is 89.3 Å². The Bertz CT molecular complexity index is 1070. The van der Waals surface area contributed by atoms with Crippen LogP contribution in [0.1, 0.15) is 10.7 Å². The summed E-state index contributed by atoms with van der Waals surface area (Å²) in [6.45, 7) is 0. The van der Waals surface area contributed by atoms with E-state index in [0.29, 0.717) is 17.1 Å². The first-order valence-electron chi connectivity index (χ1n) is 8.56. The van der Waals surface area contributed by atoms with Gasteiger partial charge in [0, 0.05) is 17.4 Å². The van der Waals surface area contributed by atoms with Crippen molar-refractivity contribution in [2.75, 3.05) is 10.6 Å². The molecule has 7 nitrogen and oxygen atoms in total. The monoisotopic (exact) mass is 372 g/mol. The maximum Gasteiger partial charge on any atom is 0.320 e. The van der Waals surface area contributed by atoms with Crippen LogP contribution in [0.2, 0.25) is 0 Å². The third kappa shape index (κ3) is 4.34. The van der Waals surface area contributed by atoms with Gasteiger partial charge in [0.25, 0.3) is 0 Å². The summed E-state index contributed by atoms with van der Waals surface area (Å²) in [6.07, 6.45) is 0. The number of hydrogen-bond acceptors (Lipinski definition) is 6. The topological polar surface area (TPSA) is 89.3 Å². The van der Waals surface area contributed by atoms with Crippen molar-refractivity contribution < 1.29 is 13.9 Å². The zero-order valence-electron chi connectivity index (χ0n) is 14.7. The van der Waals surface area contributed by atoms with Crippen LogP contribution in [0.3, 0.4) is 0 Å². The molecule has 0 aliphatic heterocycles. The molecule has 0 atom stereocenters. The Labute approximate surface area is 161 Å². The maximum absolute atomic E-state index is 12.2. The van der Waals surface area contributed by atoms with Gasteiger partial charge in [0.1, 0.15) is 11.5 Å². The first-order chi connectivity index (χ1) is 13.8. The van der Waals surface area contributed by atoms with Crippen LogP contribution in [0.25, 0.3) is 0 Å². The minimum atomic E-state index is -0.479. The number of nitrogens with zero attached hydrogens (tertiary/aromatic N) is 2. The molecule has 0 radical (unpaired) electrons. The summed E-state index contributed by atoms with van der Waals surface area (Å²) in [5.41, 5.74) is 1.33. The number of aromatic nitrogens is 2. The van der Waals surface area contributed by atoms with Crippen molar-refractivity contribution in [1.82, 2.24) is 10.2 Å². The summed E-state index contributed by atoms with van der Waals surface area (Å²) in [6, 6.07) is 25.9. The molecule has 0 spiro atoms. The molecule has 0 fully saturated rings. The lowest BCUT2D eigenvalue weighted by Gasteiger charge is -2.07. The van der Waals surface area contributed by atoms with Gasteiger partial charge in [-0.05, 0) is 36.4 Å². The molecular formula is C21H16N4O3. The minimum Gasteiger partial charge on any atom is -0.457 e. The van der Waals surface area contributed by atoms with Crippen LogP contribution in [-0.2, 0) is 0 Å². The van der Waals surface area contributed by atoms with Crippen LogP contribution < -0.4 is 15.4 Å². The average molecular weight is 372 g/mol. The van der Waals surface area contributed by atoms with E-state index >= 15 is 0 Å². The summed E-state index contributed by atoms with van der Waals surface area (Å²) in [7, 11) is 0. The van der Waals surface area contributed by atoms with Gasteiger partial charge in [-0.1, -0.05) is 47.6 Å². The Morgan fingerprint density at radius 1 is 0.786 bits per heavy atom. The van der Waals surface area contributed by atoms with E-state index in [1.54, 1.807) is 18.2 Å². The fourth-order valence-corrected chi connectivity index (χ4v) is 2.46. The van der Waals surface area contributed by atoms with Crippen molar-refractivity contribution >= 4 is 23.3 Å². The number of hydrogen-bond donors (Lipinski definition) is 2. The molecule has 1 amide bonds. The minimum absolute atomic E-state index is 0.107. The Kier molecular flexibility index (Phi) is 4.97. The standard InChI is InChI=1S/C21H16N4O3/c26-19(22-15-8-3-1-4-9-15)20-24-25-21(28-20)23-16-10-7-13-18(14-16)27-17-11-5-2-6-12-17/h1-14H,(H,22,26)(H,23,25). The predicted octanol–water partition coefficient (Wildman–Crippen LogP) is 4.86. The molecule has 0 saturated heterocycles. The van der Waals surface area contributed by atoms with E-state index in [4.69, 9.17) is 9.15 Å². The molecule has 28 heavy (non-hydrogen) atoms. The molecule has 4 aromatic rings. The largest absolute Gasteiger partial charge is 0.457 e. The molecular weight excluding hydrogens is 356 g/mol. The molecule has 0 aliphatic rings. The van der Waals surface area contributed by atoms with Crippen LogP contribution >= 0.6 is 0 Å². The van der Waals surface area contributed by atoms with E-state index in [9.17, 15) is 4.79 Å². The van der Waals surface area contributed by atoms with Crippen LogP contribution in [0.4, 0.5) is 17.4 Å². The van der Waals surface area contributed by atoms with Gasteiger partial charge >= 0.3 is 17.8 Å². The van der Waals surface area contributed by atoms with E-state index in [-0.39, 0.29) is 11.9 Å². The number of amides is 1. The van der Waals surface area contributed by atoms with Crippen molar-refractivity contribution in [3.05, 3.63) is 90.8 Å². The van der Waals surface area contributed by atoms with Crippen molar-refractivity contribution in [1.29, 1.82) is 0 Å². The van der Waals surface area contributed by atoms with E-state index in [1.807, 2.05) is 66.7 Å². The number of carbonyl (C=O) groups excluding carboxylic acids is 1. The van der Waals surface area contributed by atoms with Gasteiger partial charge < -0.3 is 19.8 Å². The SMILES string of the molecule is O=C(Nc1ccccc1)c1nnc(Nc2cccc(Oc3ccccc3)c2)o1. The maximum atomic E-state index is 12.2. The van der Waals surface area contributed by atoms with E-state index < -0.39 is 5.91 Å². The van der Waals surface area contributed by atoms with Gasteiger partial charge in [-0.15, -0.1) is 5.10 Å². The second kappa shape index (κ2) is 8.05. The molecule has 4 rings (SSSR count). The van der Waals surface area contributed by atoms with Gasteiger partial charge in [0.15, 0.2) is 0 Å². The highest BCUT2D eigenvalue weighted by Gasteiger charge is 2.15.